The highest BCUT2D eigenvalue weighted by atomic mass is 19.1. The molecule has 2 aromatic rings. The van der Waals surface area contributed by atoms with Gasteiger partial charge in [0.2, 0.25) is 11.8 Å². The molecule has 2 aromatic carbocycles. The monoisotopic (exact) mass is 328 g/mol. The molecule has 0 saturated heterocycles. The number of carbonyl (C=O) groups is 2. The molecule has 0 unspecified atom stereocenters. The number of rotatable bonds is 6. The van der Waals surface area contributed by atoms with Crippen LogP contribution < -0.4 is 5.32 Å². The number of hydrogen-bond donors (Lipinski definition) is 1. The van der Waals surface area contributed by atoms with Crippen LogP contribution in [0.25, 0.3) is 0 Å². The summed E-state index contributed by atoms with van der Waals surface area (Å²) in [5.74, 6) is -0.934. The third-order valence-electron chi connectivity index (χ3n) is 3.67. The van der Waals surface area contributed by atoms with Gasteiger partial charge in [0.15, 0.2) is 0 Å². The van der Waals surface area contributed by atoms with Crippen LogP contribution in [-0.4, -0.2) is 23.3 Å². The first-order valence-electron chi connectivity index (χ1n) is 7.77. The molecule has 0 aliphatic carbocycles. The van der Waals surface area contributed by atoms with Gasteiger partial charge in [-0.15, -0.1) is 0 Å². The Morgan fingerprint density at radius 3 is 2.54 bits per heavy atom. The Kier molecular flexibility index (Phi) is 6.07. The van der Waals surface area contributed by atoms with Crippen molar-refractivity contribution < 1.29 is 14.0 Å². The summed E-state index contributed by atoms with van der Waals surface area (Å²) < 4.78 is 13.7. The number of carbonyl (C=O) groups excluding carboxylic acids is 2. The molecule has 0 aromatic heterocycles. The fraction of sp³-hybridized carbons (Fsp3) is 0.263. The summed E-state index contributed by atoms with van der Waals surface area (Å²) >= 11 is 0. The van der Waals surface area contributed by atoms with Crippen molar-refractivity contribution in [2.24, 2.45) is 0 Å². The van der Waals surface area contributed by atoms with E-state index in [2.05, 4.69) is 5.32 Å². The van der Waals surface area contributed by atoms with Crippen molar-refractivity contribution >= 4 is 11.8 Å². The van der Waals surface area contributed by atoms with Gasteiger partial charge in [-0.1, -0.05) is 48.0 Å². The zero-order valence-electron chi connectivity index (χ0n) is 13.9. The SMILES string of the molecule is CC(=O)N(CC(=O)NCc1cccc(C)c1)Cc1ccccc1F. The smallest absolute Gasteiger partial charge is 0.239 e. The molecule has 0 bridgehead atoms. The van der Waals surface area contributed by atoms with E-state index < -0.39 is 0 Å². The molecule has 5 heteroatoms. The molecule has 24 heavy (non-hydrogen) atoms. The van der Waals surface area contributed by atoms with Crippen LogP contribution in [0.3, 0.4) is 0 Å². The first-order chi connectivity index (χ1) is 11.5. The molecule has 0 aliphatic rings. The van der Waals surface area contributed by atoms with Gasteiger partial charge < -0.3 is 10.2 Å². The van der Waals surface area contributed by atoms with Crippen molar-refractivity contribution in [1.29, 1.82) is 0 Å². The van der Waals surface area contributed by atoms with E-state index in [1.807, 2.05) is 31.2 Å². The highest BCUT2D eigenvalue weighted by molar-refractivity contribution is 5.83. The number of hydrogen-bond acceptors (Lipinski definition) is 2. The largest absolute Gasteiger partial charge is 0.350 e. The molecule has 0 fully saturated rings. The topological polar surface area (TPSA) is 49.4 Å². The van der Waals surface area contributed by atoms with Crippen molar-refractivity contribution in [3.05, 3.63) is 71.0 Å². The maximum atomic E-state index is 13.7. The Bertz CT molecular complexity index is 731. The number of nitrogens with one attached hydrogen (secondary N) is 1. The minimum Gasteiger partial charge on any atom is -0.350 e. The second kappa shape index (κ2) is 8.24. The van der Waals surface area contributed by atoms with Gasteiger partial charge in [0.25, 0.3) is 0 Å². The standard InChI is InChI=1S/C19H21FN2O2/c1-14-6-5-7-16(10-14)11-21-19(24)13-22(15(2)23)12-17-8-3-4-9-18(17)20/h3-10H,11-13H2,1-2H3,(H,21,24). The van der Waals surface area contributed by atoms with Crippen molar-refractivity contribution in [1.82, 2.24) is 10.2 Å². The Morgan fingerprint density at radius 2 is 1.88 bits per heavy atom. The van der Waals surface area contributed by atoms with Crippen LogP contribution in [0.1, 0.15) is 23.6 Å². The zero-order chi connectivity index (χ0) is 17.5. The summed E-state index contributed by atoms with van der Waals surface area (Å²) in [6.45, 7) is 3.72. The van der Waals surface area contributed by atoms with Gasteiger partial charge >= 0.3 is 0 Å². The summed E-state index contributed by atoms with van der Waals surface area (Å²) in [4.78, 5) is 25.2. The molecular formula is C19H21FN2O2. The van der Waals surface area contributed by atoms with Gasteiger partial charge in [0.1, 0.15) is 5.82 Å². The van der Waals surface area contributed by atoms with Crippen LogP contribution in [-0.2, 0) is 22.7 Å². The Labute approximate surface area is 141 Å². The zero-order valence-corrected chi connectivity index (χ0v) is 13.9. The van der Waals surface area contributed by atoms with Crippen molar-refractivity contribution in [2.75, 3.05) is 6.54 Å². The van der Waals surface area contributed by atoms with Gasteiger partial charge in [-0.3, -0.25) is 9.59 Å². The molecule has 126 valence electrons. The highest BCUT2D eigenvalue weighted by Crippen LogP contribution is 2.10. The van der Waals surface area contributed by atoms with E-state index in [0.29, 0.717) is 12.1 Å². The minimum atomic E-state index is -0.385. The van der Waals surface area contributed by atoms with Crippen LogP contribution in [0.2, 0.25) is 0 Å². The van der Waals surface area contributed by atoms with Crippen LogP contribution >= 0.6 is 0 Å². The maximum Gasteiger partial charge on any atom is 0.239 e. The lowest BCUT2D eigenvalue weighted by atomic mass is 10.1. The number of benzene rings is 2. The third-order valence-corrected chi connectivity index (χ3v) is 3.67. The Morgan fingerprint density at radius 1 is 1.12 bits per heavy atom. The van der Waals surface area contributed by atoms with Crippen LogP contribution in [0.5, 0.6) is 0 Å². The molecule has 2 rings (SSSR count). The highest BCUT2D eigenvalue weighted by Gasteiger charge is 2.15. The Hall–Kier alpha value is -2.69. The Balaban J connectivity index is 1.94. The third kappa shape index (κ3) is 5.19. The van der Waals surface area contributed by atoms with E-state index in [0.717, 1.165) is 11.1 Å². The maximum absolute atomic E-state index is 13.7. The van der Waals surface area contributed by atoms with Gasteiger partial charge in [-0.25, -0.2) is 4.39 Å². The van der Waals surface area contributed by atoms with Crippen molar-refractivity contribution in [2.45, 2.75) is 26.9 Å². The summed E-state index contributed by atoms with van der Waals surface area (Å²) in [5, 5.41) is 2.79. The molecule has 1 N–H and O–H groups in total. The number of nitrogens with zero attached hydrogens (tertiary/aromatic N) is 1. The minimum absolute atomic E-state index is 0.0693. The molecule has 0 atom stereocenters. The predicted octanol–water partition coefficient (Wildman–Crippen LogP) is 2.80. The summed E-state index contributed by atoms with van der Waals surface area (Å²) in [7, 11) is 0. The average molecular weight is 328 g/mol. The van der Waals surface area contributed by atoms with Crippen LogP contribution in [0.4, 0.5) is 4.39 Å². The fourth-order valence-electron chi connectivity index (χ4n) is 2.36. The number of amides is 2. The van der Waals surface area contributed by atoms with E-state index in [4.69, 9.17) is 0 Å². The quantitative estimate of drug-likeness (QED) is 0.886. The average Bonchev–Trinajstić information content (AvgIpc) is 2.54. The molecular weight excluding hydrogens is 307 g/mol. The van der Waals surface area contributed by atoms with E-state index >= 15 is 0 Å². The van der Waals surface area contributed by atoms with Gasteiger partial charge in [0, 0.05) is 25.6 Å². The van der Waals surface area contributed by atoms with E-state index in [9.17, 15) is 14.0 Å². The summed E-state index contributed by atoms with van der Waals surface area (Å²) in [6.07, 6.45) is 0. The lowest BCUT2D eigenvalue weighted by molar-refractivity contribution is -0.135. The van der Waals surface area contributed by atoms with E-state index in [1.165, 1.54) is 17.9 Å². The van der Waals surface area contributed by atoms with Gasteiger partial charge in [-0.05, 0) is 18.6 Å². The summed E-state index contributed by atoms with van der Waals surface area (Å²) in [5.41, 5.74) is 2.50. The van der Waals surface area contributed by atoms with E-state index in [1.54, 1.807) is 18.2 Å². The molecule has 0 aliphatic heterocycles. The van der Waals surface area contributed by atoms with Crippen LogP contribution in [0.15, 0.2) is 48.5 Å². The lowest BCUT2D eigenvalue weighted by Crippen LogP contribution is -2.39. The molecule has 4 nitrogen and oxygen atoms in total. The van der Waals surface area contributed by atoms with Gasteiger partial charge in [0.05, 0.1) is 6.54 Å². The predicted molar refractivity (Wildman–Crippen MR) is 90.5 cm³/mol. The molecule has 0 radical (unpaired) electrons. The summed E-state index contributed by atoms with van der Waals surface area (Å²) in [6, 6.07) is 14.1. The molecule has 0 heterocycles. The first kappa shape index (κ1) is 17.7. The second-order valence-electron chi connectivity index (χ2n) is 5.73. The molecule has 0 saturated carbocycles. The lowest BCUT2D eigenvalue weighted by Gasteiger charge is -2.21. The number of halogens is 1. The van der Waals surface area contributed by atoms with Crippen LogP contribution in [0, 0.1) is 12.7 Å². The normalized spacial score (nSPS) is 10.3. The van der Waals surface area contributed by atoms with Gasteiger partial charge in [-0.2, -0.15) is 0 Å². The van der Waals surface area contributed by atoms with Crippen molar-refractivity contribution in [3.63, 3.8) is 0 Å². The fourth-order valence-corrected chi connectivity index (χ4v) is 2.36. The van der Waals surface area contributed by atoms with Crippen molar-refractivity contribution in [3.8, 4) is 0 Å². The molecule has 0 spiro atoms. The first-order valence-corrected chi connectivity index (χ1v) is 7.77. The second-order valence-corrected chi connectivity index (χ2v) is 5.73. The number of aryl methyl sites for hydroxylation is 1. The molecule has 2 amide bonds. The van der Waals surface area contributed by atoms with E-state index in [-0.39, 0.29) is 30.7 Å².